The van der Waals surface area contributed by atoms with E-state index in [9.17, 15) is 19.2 Å². The Morgan fingerprint density at radius 2 is 1.47 bits per heavy atom. The smallest absolute Gasteiger partial charge is 0.273 e. The van der Waals surface area contributed by atoms with Gasteiger partial charge in [0.1, 0.15) is 6.04 Å². The normalized spacial score (nSPS) is 26.9. The van der Waals surface area contributed by atoms with Crippen molar-refractivity contribution in [3.63, 3.8) is 0 Å². The average Bonchev–Trinajstić information content (AvgIpc) is 3.49. The first-order chi connectivity index (χ1) is 15.4. The van der Waals surface area contributed by atoms with Crippen molar-refractivity contribution >= 4 is 35.1 Å². The van der Waals surface area contributed by atoms with E-state index in [-0.39, 0.29) is 46.8 Å². The molecule has 32 heavy (non-hydrogen) atoms. The number of carbonyl (C=O) groups excluding carboxylic acids is 4. The summed E-state index contributed by atoms with van der Waals surface area (Å²) in [5.74, 6) is -2.05. The van der Waals surface area contributed by atoms with Gasteiger partial charge in [-0.05, 0) is 62.3 Å². The van der Waals surface area contributed by atoms with Crippen molar-refractivity contribution < 1.29 is 19.2 Å². The number of halogens is 1. The van der Waals surface area contributed by atoms with E-state index in [1.165, 1.54) is 12.1 Å². The summed E-state index contributed by atoms with van der Waals surface area (Å²) < 4.78 is 0. The number of carbonyl (C=O) groups is 4. The molecule has 2 aromatic rings. The fourth-order valence-corrected chi connectivity index (χ4v) is 5.85. The zero-order valence-corrected chi connectivity index (χ0v) is 18.4. The van der Waals surface area contributed by atoms with Gasteiger partial charge in [-0.1, -0.05) is 41.9 Å². The zero-order chi connectivity index (χ0) is 22.6. The Bertz CT molecular complexity index is 1070. The van der Waals surface area contributed by atoms with Crippen LogP contribution >= 0.6 is 11.6 Å². The standard InChI is InChI=1S/C25H23ClN2O4/c1-14(22(29)15-5-3-2-4-6-15)27(23(30)16-9-11-19(26)12-10-16)28-24(31)20-17-7-8-18(13-17)21(20)25(28)32/h2-6,9-12,14,17-18,20-21H,7-8,13H2,1H3/t14-,17+,18+,20-,21-/m1/s1. The molecule has 2 bridgehead atoms. The van der Waals surface area contributed by atoms with Gasteiger partial charge in [-0.15, -0.1) is 0 Å². The quantitative estimate of drug-likeness (QED) is 0.509. The van der Waals surface area contributed by atoms with E-state index in [0.29, 0.717) is 10.6 Å². The SMILES string of the molecule is C[C@H](C(=O)c1ccccc1)N(C(=O)c1ccc(Cl)cc1)N1C(=O)[C@@H]2[C@H]3CC[C@@H](C3)[C@H]2C1=O. The molecule has 164 valence electrons. The number of imide groups is 1. The molecule has 5 atom stereocenters. The minimum Gasteiger partial charge on any atom is -0.292 e. The summed E-state index contributed by atoms with van der Waals surface area (Å²) in [6.45, 7) is 1.56. The van der Waals surface area contributed by atoms with E-state index in [1.54, 1.807) is 49.4 Å². The van der Waals surface area contributed by atoms with Crippen LogP contribution in [0.25, 0.3) is 0 Å². The van der Waals surface area contributed by atoms with Crippen LogP contribution in [-0.2, 0) is 9.59 Å². The maximum absolute atomic E-state index is 13.6. The maximum Gasteiger partial charge on any atom is 0.273 e. The summed E-state index contributed by atoms with van der Waals surface area (Å²) in [5.41, 5.74) is 0.663. The van der Waals surface area contributed by atoms with E-state index in [2.05, 4.69) is 0 Å². The number of hydrazine groups is 1. The number of hydrogen-bond acceptors (Lipinski definition) is 4. The number of benzene rings is 2. The highest BCUT2D eigenvalue weighted by atomic mass is 35.5. The van der Waals surface area contributed by atoms with Crippen molar-refractivity contribution in [3.8, 4) is 0 Å². The summed E-state index contributed by atoms with van der Waals surface area (Å²) in [6, 6.07) is 13.8. The van der Waals surface area contributed by atoms with Crippen LogP contribution in [0.2, 0.25) is 5.02 Å². The van der Waals surface area contributed by atoms with Crippen molar-refractivity contribution in [3.05, 3.63) is 70.7 Å². The number of hydrogen-bond donors (Lipinski definition) is 0. The third kappa shape index (κ3) is 3.16. The number of nitrogens with zero attached hydrogens (tertiary/aromatic N) is 2. The van der Waals surface area contributed by atoms with E-state index >= 15 is 0 Å². The minimum atomic E-state index is -1.04. The third-order valence-electron chi connectivity index (χ3n) is 7.22. The van der Waals surface area contributed by atoms with Crippen LogP contribution in [0.5, 0.6) is 0 Å². The molecule has 7 heteroatoms. The van der Waals surface area contributed by atoms with Crippen LogP contribution in [0.3, 0.4) is 0 Å². The molecule has 0 aromatic heterocycles. The number of rotatable bonds is 5. The second-order valence-corrected chi connectivity index (χ2v) is 9.37. The van der Waals surface area contributed by atoms with Gasteiger partial charge in [0, 0.05) is 16.1 Å². The fraction of sp³-hybridized carbons (Fsp3) is 0.360. The minimum absolute atomic E-state index is 0.180. The van der Waals surface area contributed by atoms with E-state index < -0.39 is 11.9 Å². The molecule has 1 aliphatic heterocycles. The number of ketones is 1. The first-order valence-corrected chi connectivity index (χ1v) is 11.3. The lowest BCUT2D eigenvalue weighted by atomic mass is 9.81. The second-order valence-electron chi connectivity index (χ2n) is 8.94. The third-order valence-corrected chi connectivity index (χ3v) is 7.48. The van der Waals surface area contributed by atoms with Crippen LogP contribution in [0.1, 0.15) is 46.9 Å². The van der Waals surface area contributed by atoms with Gasteiger partial charge >= 0.3 is 0 Å². The molecule has 1 saturated heterocycles. The molecule has 2 aromatic carbocycles. The molecule has 3 aliphatic rings. The highest BCUT2D eigenvalue weighted by Crippen LogP contribution is 2.56. The molecule has 0 unspecified atom stereocenters. The predicted molar refractivity (Wildman–Crippen MR) is 118 cm³/mol. The van der Waals surface area contributed by atoms with Gasteiger partial charge in [0.05, 0.1) is 11.8 Å². The molecule has 0 N–H and O–H groups in total. The molecular formula is C25H23ClN2O4. The summed E-state index contributed by atoms with van der Waals surface area (Å²) in [4.78, 5) is 53.8. The molecule has 6 nitrogen and oxygen atoms in total. The molecule has 3 amide bonds. The van der Waals surface area contributed by atoms with Crippen molar-refractivity contribution in [2.45, 2.75) is 32.2 Å². The number of amides is 3. The summed E-state index contributed by atoms with van der Waals surface area (Å²) in [6.07, 6.45) is 2.76. The number of fused-ring (bicyclic) bond motifs is 5. The van der Waals surface area contributed by atoms with Gasteiger partial charge in [0.25, 0.3) is 17.7 Å². The lowest BCUT2D eigenvalue weighted by Gasteiger charge is -2.35. The molecule has 2 saturated carbocycles. The highest BCUT2D eigenvalue weighted by molar-refractivity contribution is 6.30. The van der Waals surface area contributed by atoms with Crippen molar-refractivity contribution in [1.29, 1.82) is 0 Å². The summed E-state index contributed by atoms with van der Waals surface area (Å²) >= 11 is 5.97. The van der Waals surface area contributed by atoms with Crippen LogP contribution in [0, 0.1) is 23.7 Å². The van der Waals surface area contributed by atoms with Gasteiger partial charge in [-0.25, -0.2) is 5.01 Å². The first-order valence-electron chi connectivity index (χ1n) is 10.9. The van der Waals surface area contributed by atoms with Crippen molar-refractivity contribution in [2.75, 3.05) is 0 Å². The Balaban J connectivity index is 1.54. The molecule has 2 aliphatic carbocycles. The first kappa shape index (κ1) is 20.9. The Morgan fingerprint density at radius 1 is 0.906 bits per heavy atom. The summed E-state index contributed by atoms with van der Waals surface area (Å²) in [5, 5.41) is 2.50. The lowest BCUT2D eigenvalue weighted by Crippen LogP contribution is -2.56. The summed E-state index contributed by atoms with van der Waals surface area (Å²) in [7, 11) is 0. The maximum atomic E-state index is 13.6. The molecule has 0 spiro atoms. The van der Waals surface area contributed by atoms with Crippen LogP contribution < -0.4 is 0 Å². The van der Waals surface area contributed by atoms with Crippen LogP contribution in [0.4, 0.5) is 0 Å². The molecule has 5 rings (SSSR count). The Kier molecular flexibility index (Phi) is 5.13. The lowest BCUT2D eigenvalue weighted by molar-refractivity contribution is -0.157. The van der Waals surface area contributed by atoms with Gasteiger partial charge < -0.3 is 0 Å². The molecule has 1 heterocycles. The Hall–Kier alpha value is -2.99. The van der Waals surface area contributed by atoms with Gasteiger partial charge in [-0.2, -0.15) is 5.01 Å². The van der Waals surface area contributed by atoms with E-state index in [0.717, 1.165) is 29.3 Å². The Morgan fingerprint density at radius 3 is 2.03 bits per heavy atom. The monoisotopic (exact) mass is 450 g/mol. The average molecular weight is 451 g/mol. The van der Waals surface area contributed by atoms with Crippen LogP contribution in [0.15, 0.2) is 54.6 Å². The van der Waals surface area contributed by atoms with Crippen molar-refractivity contribution in [2.24, 2.45) is 23.7 Å². The van der Waals surface area contributed by atoms with Gasteiger partial charge in [0.2, 0.25) is 0 Å². The molecule has 3 fully saturated rings. The molecular weight excluding hydrogens is 428 g/mol. The molecule has 0 radical (unpaired) electrons. The largest absolute Gasteiger partial charge is 0.292 e. The highest BCUT2D eigenvalue weighted by Gasteiger charge is 2.63. The fourth-order valence-electron chi connectivity index (χ4n) is 5.72. The zero-order valence-electron chi connectivity index (χ0n) is 17.6. The van der Waals surface area contributed by atoms with E-state index in [1.807, 2.05) is 0 Å². The van der Waals surface area contributed by atoms with E-state index in [4.69, 9.17) is 11.6 Å². The van der Waals surface area contributed by atoms with Crippen molar-refractivity contribution in [1.82, 2.24) is 10.0 Å². The second kappa shape index (κ2) is 7.85. The number of Topliss-reactive ketones (excluding diaryl/α,β-unsaturated/α-hetero) is 1. The van der Waals surface area contributed by atoms with Gasteiger partial charge in [-0.3, -0.25) is 19.2 Å². The topological polar surface area (TPSA) is 74.8 Å². The van der Waals surface area contributed by atoms with Gasteiger partial charge in [0.15, 0.2) is 5.78 Å². The van der Waals surface area contributed by atoms with Crippen LogP contribution in [-0.4, -0.2) is 39.6 Å². The Labute approximate surface area is 191 Å². The predicted octanol–water partition coefficient (Wildman–Crippen LogP) is 4.00.